The normalized spacial score (nSPS) is 11.3. The summed E-state index contributed by atoms with van der Waals surface area (Å²) in [4.78, 5) is 0. The molecular weight excluding hydrogens is 760 g/mol. The van der Waals surface area contributed by atoms with E-state index in [1.807, 2.05) is 0 Å². The van der Waals surface area contributed by atoms with E-state index in [2.05, 4.69) is 190 Å². The van der Waals surface area contributed by atoms with Gasteiger partial charge in [0.2, 0.25) is 0 Å². The number of alkyl halides is 1. The van der Waals surface area contributed by atoms with E-state index in [1.165, 1.54) is 133 Å². The van der Waals surface area contributed by atoms with Crippen molar-refractivity contribution in [1.82, 2.24) is 0 Å². The zero-order valence-electron chi connectivity index (χ0n) is 29.8. The monoisotopic (exact) mass is 804 g/mol. The van der Waals surface area contributed by atoms with Crippen molar-refractivity contribution in [3.05, 3.63) is 168 Å². The van der Waals surface area contributed by atoms with E-state index >= 15 is 0 Å². The van der Waals surface area contributed by atoms with Gasteiger partial charge in [-0.3, -0.25) is 0 Å². The van der Waals surface area contributed by atoms with Crippen LogP contribution in [0.5, 0.6) is 0 Å². The third kappa shape index (κ3) is 8.04. The van der Waals surface area contributed by atoms with Crippen LogP contribution in [0.2, 0.25) is 0 Å². The highest BCUT2D eigenvalue weighted by Gasteiger charge is 2.15. The van der Waals surface area contributed by atoms with Crippen LogP contribution in [-0.4, -0.2) is 5.33 Å². The first-order chi connectivity index (χ1) is 25.8. The Kier molecular flexibility index (Phi) is 12.5. The Morgan fingerprint density at radius 1 is 0.308 bits per heavy atom. The first-order valence-electron chi connectivity index (χ1n) is 18.9. The summed E-state index contributed by atoms with van der Waals surface area (Å²) in [5.41, 5.74) is 6.78. The van der Waals surface area contributed by atoms with Crippen LogP contribution in [0.1, 0.15) is 56.9 Å². The fraction of sp³-hybridized carbons (Fsp3) is 0.200. The second kappa shape index (κ2) is 18.0. The number of aryl methyl sites for hydroxylation is 1. The van der Waals surface area contributed by atoms with Crippen LogP contribution in [-0.2, 0) is 6.42 Å². The van der Waals surface area contributed by atoms with Crippen molar-refractivity contribution in [3.63, 3.8) is 0 Å². The van der Waals surface area contributed by atoms with Crippen LogP contribution in [0.15, 0.2) is 162 Å². The maximum absolute atomic E-state index is 3.79. The molecule has 8 aromatic rings. The molecule has 0 aliphatic heterocycles. The van der Waals surface area contributed by atoms with Gasteiger partial charge in [-0.05, 0) is 106 Å². The predicted octanol–water partition coefficient (Wildman–Crippen LogP) is 16.1. The summed E-state index contributed by atoms with van der Waals surface area (Å²) in [5.74, 6) is 0. The van der Waals surface area contributed by atoms with Crippen molar-refractivity contribution in [3.8, 4) is 22.3 Å². The maximum atomic E-state index is 3.79. The van der Waals surface area contributed by atoms with Gasteiger partial charge < -0.3 is 0 Å². The number of rotatable bonds is 12. The zero-order chi connectivity index (χ0) is 35.5. The van der Waals surface area contributed by atoms with E-state index in [0.29, 0.717) is 0 Å². The minimum atomic E-state index is 1.15. The van der Waals surface area contributed by atoms with Crippen molar-refractivity contribution in [1.29, 1.82) is 0 Å². The molecule has 52 heavy (non-hydrogen) atoms. The van der Waals surface area contributed by atoms with Crippen molar-refractivity contribution in [2.45, 2.75) is 57.8 Å². The van der Waals surface area contributed by atoms with Crippen LogP contribution < -0.4 is 0 Å². The third-order valence-electron chi connectivity index (χ3n) is 10.3. The lowest BCUT2D eigenvalue weighted by molar-refractivity contribution is 0.577. The van der Waals surface area contributed by atoms with Crippen molar-refractivity contribution < 1.29 is 0 Å². The predicted molar refractivity (Wildman–Crippen MR) is 236 cm³/mol. The molecule has 0 aromatic heterocycles. The molecule has 0 spiro atoms. The van der Waals surface area contributed by atoms with Crippen molar-refractivity contribution in [2.75, 3.05) is 5.33 Å². The lowest BCUT2D eigenvalue weighted by atomic mass is 9.87. The van der Waals surface area contributed by atoms with Gasteiger partial charge >= 0.3 is 0 Å². The second-order valence-corrected chi connectivity index (χ2v) is 15.3. The number of halogens is 2. The lowest BCUT2D eigenvalue weighted by Crippen LogP contribution is -1.94. The molecule has 0 aliphatic rings. The molecule has 0 heterocycles. The highest BCUT2D eigenvalue weighted by atomic mass is 79.9. The Labute approximate surface area is 326 Å². The maximum Gasteiger partial charge on any atom is 0.0332 e. The van der Waals surface area contributed by atoms with Gasteiger partial charge in [0.05, 0.1) is 0 Å². The van der Waals surface area contributed by atoms with Gasteiger partial charge in [0.25, 0.3) is 0 Å². The average molecular weight is 807 g/mol. The average Bonchev–Trinajstić information content (AvgIpc) is 3.21. The molecule has 0 bridgehead atoms. The van der Waals surface area contributed by atoms with Crippen molar-refractivity contribution in [2.24, 2.45) is 0 Å². The summed E-state index contributed by atoms with van der Waals surface area (Å²) in [6.45, 7) is 0. The lowest BCUT2D eigenvalue weighted by Gasteiger charge is -2.17. The van der Waals surface area contributed by atoms with E-state index in [-0.39, 0.29) is 0 Å². The summed E-state index contributed by atoms with van der Waals surface area (Å²) >= 11 is 7.32. The van der Waals surface area contributed by atoms with Crippen LogP contribution in [0, 0.1) is 0 Å². The molecule has 8 rings (SSSR count). The number of hydrogen-bond donors (Lipinski definition) is 0. The first kappa shape index (κ1) is 36.1. The molecule has 0 N–H and O–H groups in total. The minimum Gasteiger partial charge on any atom is -0.0928 e. The van der Waals surface area contributed by atoms with E-state index in [4.69, 9.17) is 0 Å². The molecule has 0 amide bonds. The molecule has 260 valence electrons. The first-order valence-corrected chi connectivity index (χ1v) is 20.9. The molecule has 0 aliphatic carbocycles. The number of fused-ring (bicyclic) bond motifs is 4. The molecule has 2 heteroatoms. The van der Waals surface area contributed by atoms with Crippen molar-refractivity contribution >= 4 is 74.9 Å². The van der Waals surface area contributed by atoms with Gasteiger partial charge in [0.1, 0.15) is 0 Å². The van der Waals surface area contributed by atoms with Crippen LogP contribution in [0.4, 0.5) is 0 Å². The summed E-state index contributed by atoms with van der Waals surface area (Å²) in [7, 11) is 0. The van der Waals surface area contributed by atoms with Gasteiger partial charge in [0, 0.05) is 9.80 Å². The summed E-state index contributed by atoms with van der Waals surface area (Å²) in [6.07, 6.45) is 12.0. The molecule has 8 aromatic carbocycles. The fourth-order valence-corrected chi connectivity index (χ4v) is 8.94. The quantitative estimate of drug-likeness (QED) is 0.0655. The molecular formula is C50H46Br2. The SMILES string of the molecule is BrCCCCCCCCCCc1c2ccccc2c(-c2ccccc2)c2ccccc12.Brc1c2ccccc2c(-c2ccccc2)c2ccccc12. The van der Waals surface area contributed by atoms with Crippen LogP contribution in [0.3, 0.4) is 0 Å². The Morgan fingerprint density at radius 3 is 1.02 bits per heavy atom. The highest BCUT2D eigenvalue weighted by Crippen LogP contribution is 2.42. The fourth-order valence-electron chi connectivity index (χ4n) is 7.85. The van der Waals surface area contributed by atoms with E-state index in [0.717, 1.165) is 5.33 Å². The number of hydrogen-bond acceptors (Lipinski definition) is 0. The Bertz CT molecular complexity index is 2260. The van der Waals surface area contributed by atoms with Gasteiger partial charge in [-0.1, -0.05) is 212 Å². The standard InChI is InChI=1S/C30H33Br.C20H13Br/c31-23-15-6-4-2-1-3-5-10-18-25-26-19-11-13-21-28(26)30(24-16-8-7-9-17-24)29-22-14-12-20-27(25)29;21-20-17-12-6-4-10-15(17)19(14-8-2-1-3-9-14)16-11-5-7-13-18(16)20/h7-9,11-14,16-17,19-22H,1-6,10,15,18,23H2;1-13H. The number of unbranched alkanes of at least 4 members (excludes halogenated alkanes) is 7. The minimum absolute atomic E-state index is 1.15. The Hall–Kier alpha value is -4.24. The summed E-state index contributed by atoms with van der Waals surface area (Å²) in [5, 5.41) is 11.9. The van der Waals surface area contributed by atoms with Crippen LogP contribution >= 0.6 is 31.9 Å². The summed E-state index contributed by atoms with van der Waals surface area (Å²) < 4.78 is 1.17. The molecule has 0 atom stereocenters. The molecule has 0 nitrogen and oxygen atoms in total. The van der Waals surface area contributed by atoms with Crippen LogP contribution in [0.25, 0.3) is 65.3 Å². The highest BCUT2D eigenvalue weighted by molar-refractivity contribution is 9.11. The Morgan fingerprint density at radius 2 is 0.615 bits per heavy atom. The molecule has 0 radical (unpaired) electrons. The molecule has 0 fully saturated rings. The molecule has 0 saturated heterocycles. The third-order valence-corrected chi connectivity index (χ3v) is 11.8. The van der Waals surface area contributed by atoms with Gasteiger partial charge in [0.15, 0.2) is 0 Å². The molecule has 0 unspecified atom stereocenters. The number of benzene rings is 8. The Balaban J connectivity index is 0.000000174. The van der Waals surface area contributed by atoms with E-state index < -0.39 is 0 Å². The topological polar surface area (TPSA) is 0 Å². The second-order valence-electron chi connectivity index (χ2n) is 13.7. The van der Waals surface area contributed by atoms with Gasteiger partial charge in [-0.25, -0.2) is 0 Å². The molecule has 0 saturated carbocycles. The van der Waals surface area contributed by atoms with E-state index in [1.54, 1.807) is 0 Å². The van der Waals surface area contributed by atoms with E-state index in [9.17, 15) is 0 Å². The van der Waals surface area contributed by atoms with Gasteiger partial charge in [-0.2, -0.15) is 0 Å². The van der Waals surface area contributed by atoms with Gasteiger partial charge in [-0.15, -0.1) is 0 Å². The zero-order valence-corrected chi connectivity index (χ0v) is 33.0. The summed E-state index contributed by atoms with van der Waals surface area (Å²) in [6, 6.07) is 56.7. The smallest absolute Gasteiger partial charge is 0.0332 e. The largest absolute Gasteiger partial charge is 0.0928 e.